The minimum atomic E-state index is -4.08. The van der Waals surface area contributed by atoms with Gasteiger partial charge in [0.05, 0.1) is 23.0 Å². The van der Waals surface area contributed by atoms with Gasteiger partial charge in [-0.05, 0) is 59.2 Å². The third-order valence-electron chi connectivity index (χ3n) is 5.58. The SMILES string of the molecule is COC(=O)C(C)=Cc1ccc(S(=O)(=O)C(=CC#N)c2cc(C(C)(C)C)c(O)c(C(C)(C)C)c2)cc1. The number of carbonyl (C=O) groups is 1. The monoisotopic (exact) mass is 495 g/mol. The molecular weight excluding hydrogens is 462 g/mol. The molecule has 0 radical (unpaired) electrons. The fourth-order valence-electron chi connectivity index (χ4n) is 3.63. The van der Waals surface area contributed by atoms with Gasteiger partial charge in [-0.25, -0.2) is 13.2 Å². The second kappa shape index (κ2) is 10.1. The number of nitriles is 1. The van der Waals surface area contributed by atoms with Gasteiger partial charge in [0.25, 0.3) is 0 Å². The van der Waals surface area contributed by atoms with E-state index < -0.39 is 26.6 Å². The summed E-state index contributed by atoms with van der Waals surface area (Å²) in [5.74, 6) is -0.350. The first kappa shape index (κ1) is 27.9. The topological polar surface area (TPSA) is 104 Å². The molecule has 0 unspecified atom stereocenters. The van der Waals surface area contributed by atoms with Crippen molar-refractivity contribution in [3.05, 3.63) is 70.3 Å². The Morgan fingerprint density at radius 3 is 1.89 bits per heavy atom. The Morgan fingerprint density at radius 2 is 1.49 bits per heavy atom. The summed E-state index contributed by atoms with van der Waals surface area (Å²) in [5, 5.41) is 20.5. The van der Waals surface area contributed by atoms with Crippen molar-refractivity contribution in [3.8, 4) is 11.8 Å². The standard InChI is InChI=1S/C28H33NO5S/c1-18(26(31)34-8)15-19-9-11-21(12-10-19)35(32,33)24(13-14-29)20-16-22(27(2,3)4)25(30)23(17-20)28(5,6)7/h9-13,15-17,30H,1-8H3. The summed E-state index contributed by atoms with van der Waals surface area (Å²) in [4.78, 5) is 11.5. The Labute approximate surface area is 208 Å². The highest BCUT2D eigenvalue weighted by atomic mass is 32.2. The highest BCUT2D eigenvalue weighted by Gasteiger charge is 2.30. The van der Waals surface area contributed by atoms with Crippen molar-refractivity contribution in [2.45, 2.75) is 64.2 Å². The maximum Gasteiger partial charge on any atom is 0.333 e. The predicted molar refractivity (Wildman–Crippen MR) is 138 cm³/mol. The number of aromatic hydroxyl groups is 1. The van der Waals surface area contributed by atoms with Crippen LogP contribution in [0.25, 0.3) is 11.0 Å². The number of esters is 1. The van der Waals surface area contributed by atoms with Gasteiger partial charge in [0.15, 0.2) is 0 Å². The highest BCUT2D eigenvalue weighted by Crippen LogP contribution is 2.42. The molecule has 0 bridgehead atoms. The fraction of sp³-hybridized carbons (Fsp3) is 0.357. The molecule has 0 saturated heterocycles. The van der Waals surface area contributed by atoms with Crippen molar-refractivity contribution >= 4 is 26.8 Å². The van der Waals surface area contributed by atoms with Crippen molar-refractivity contribution < 1.29 is 23.1 Å². The Hall–Kier alpha value is -3.37. The van der Waals surface area contributed by atoms with Gasteiger partial charge in [0.2, 0.25) is 9.84 Å². The third-order valence-corrected chi connectivity index (χ3v) is 7.40. The van der Waals surface area contributed by atoms with Gasteiger partial charge in [-0.1, -0.05) is 53.7 Å². The van der Waals surface area contributed by atoms with Gasteiger partial charge < -0.3 is 9.84 Å². The third kappa shape index (κ3) is 6.20. The van der Waals surface area contributed by atoms with Crippen molar-refractivity contribution in [2.75, 3.05) is 7.11 Å². The molecule has 0 spiro atoms. The number of methoxy groups -OCH3 is 1. The lowest BCUT2D eigenvalue weighted by Gasteiger charge is -2.28. The number of hydrogen-bond acceptors (Lipinski definition) is 6. The average molecular weight is 496 g/mol. The van der Waals surface area contributed by atoms with Gasteiger partial charge in [-0.2, -0.15) is 5.26 Å². The summed E-state index contributed by atoms with van der Waals surface area (Å²) in [6.07, 6.45) is 2.62. The van der Waals surface area contributed by atoms with Crippen LogP contribution in [0.4, 0.5) is 0 Å². The van der Waals surface area contributed by atoms with Crippen LogP contribution in [0.15, 0.2) is 52.9 Å². The Kier molecular flexibility index (Phi) is 8.03. The highest BCUT2D eigenvalue weighted by molar-refractivity contribution is 8.00. The van der Waals surface area contributed by atoms with Crippen molar-refractivity contribution in [3.63, 3.8) is 0 Å². The molecule has 2 aromatic rings. The molecule has 7 heteroatoms. The number of rotatable bonds is 5. The van der Waals surface area contributed by atoms with Gasteiger partial charge in [0, 0.05) is 22.8 Å². The minimum Gasteiger partial charge on any atom is -0.507 e. The van der Waals surface area contributed by atoms with E-state index in [-0.39, 0.29) is 15.6 Å². The number of sulfone groups is 1. The molecule has 0 amide bonds. The van der Waals surface area contributed by atoms with E-state index in [4.69, 9.17) is 0 Å². The van der Waals surface area contributed by atoms with Crippen LogP contribution in [-0.2, 0) is 30.2 Å². The first-order valence-electron chi connectivity index (χ1n) is 11.1. The molecule has 6 nitrogen and oxygen atoms in total. The molecular formula is C28H33NO5S. The maximum absolute atomic E-state index is 13.6. The van der Waals surface area contributed by atoms with E-state index in [9.17, 15) is 23.6 Å². The second-order valence-corrected chi connectivity index (χ2v) is 12.4. The van der Waals surface area contributed by atoms with Crippen LogP contribution in [0.2, 0.25) is 0 Å². The molecule has 0 atom stereocenters. The Morgan fingerprint density at radius 1 is 1.00 bits per heavy atom. The van der Waals surface area contributed by atoms with Crippen LogP contribution < -0.4 is 0 Å². The molecule has 0 aliphatic rings. The summed E-state index contributed by atoms with van der Waals surface area (Å²) < 4.78 is 32.0. The summed E-state index contributed by atoms with van der Waals surface area (Å²) in [5.41, 5.74) is 1.61. The van der Waals surface area contributed by atoms with Crippen LogP contribution in [0, 0.1) is 11.3 Å². The number of phenolic OH excluding ortho intramolecular Hbond substituents is 1. The van der Waals surface area contributed by atoms with Crippen LogP contribution in [0.5, 0.6) is 5.75 Å². The van der Waals surface area contributed by atoms with Gasteiger partial charge >= 0.3 is 5.97 Å². The molecule has 0 aliphatic heterocycles. The smallest absolute Gasteiger partial charge is 0.333 e. The lowest BCUT2D eigenvalue weighted by molar-refractivity contribution is -0.135. The lowest BCUT2D eigenvalue weighted by atomic mass is 9.78. The molecule has 35 heavy (non-hydrogen) atoms. The summed E-state index contributed by atoms with van der Waals surface area (Å²) in [6, 6.07) is 11.2. The molecule has 0 fully saturated rings. The van der Waals surface area contributed by atoms with Crippen molar-refractivity contribution in [2.24, 2.45) is 0 Å². The zero-order valence-corrected chi connectivity index (χ0v) is 22.4. The normalized spacial score (nSPS) is 13.3. The molecule has 0 aromatic heterocycles. The first-order chi connectivity index (χ1) is 16.0. The van der Waals surface area contributed by atoms with E-state index in [0.29, 0.717) is 27.8 Å². The fourth-order valence-corrected chi connectivity index (χ4v) is 5.02. The number of ether oxygens (including phenoxy) is 1. The minimum absolute atomic E-state index is 0.00886. The van der Waals surface area contributed by atoms with E-state index >= 15 is 0 Å². The van der Waals surface area contributed by atoms with Crippen LogP contribution in [0.1, 0.15) is 70.7 Å². The number of hydrogen-bond donors (Lipinski definition) is 1. The first-order valence-corrected chi connectivity index (χ1v) is 12.6. The van der Waals surface area contributed by atoms with E-state index in [1.54, 1.807) is 37.3 Å². The van der Waals surface area contributed by atoms with E-state index in [1.807, 2.05) is 47.6 Å². The second-order valence-electron chi connectivity index (χ2n) is 10.4. The summed E-state index contributed by atoms with van der Waals surface area (Å²) in [6.45, 7) is 13.2. The van der Waals surface area contributed by atoms with E-state index in [0.717, 1.165) is 6.08 Å². The zero-order chi connectivity index (χ0) is 26.8. The number of phenols is 1. The number of carbonyl (C=O) groups excluding carboxylic acids is 1. The molecule has 1 N–H and O–H groups in total. The molecule has 0 saturated carbocycles. The molecule has 2 rings (SSSR count). The predicted octanol–water partition coefficient (Wildman–Crippen LogP) is 5.90. The largest absolute Gasteiger partial charge is 0.507 e. The number of nitrogens with zero attached hydrogens (tertiary/aromatic N) is 1. The average Bonchev–Trinajstić information content (AvgIpc) is 2.75. The number of allylic oxidation sites excluding steroid dienone is 1. The van der Waals surface area contributed by atoms with Gasteiger partial charge in [-0.15, -0.1) is 0 Å². The maximum atomic E-state index is 13.6. The number of benzene rings is 2. The zero-order valence-electron chi connectivity index (χ0n) is 21.6. The summed E-state index contributed by atoms with van der Waals surface area (Å²) in [7, 11) is -2.79. The lowest BCUT2D eigenvalue weighted by Crippen LogP contribution is -2.18. The molecule has 0 heterocycles. The Balaban J connectivity index is 2.71. The molecule has 2 aromatic carbocycles. The van der Waals surface area contributed by atoms with E-state index in [2.05, 4.69) is 4.74 Å². The van der Waals surface area contributed by atoms with Crippen LogP contribution >= 0.6 is 0 Å². The molecule has 0 aliphatic carbocycles. The van der Waals surface area contributed by atoms with Gasteiger partial charge in [-0.3, -0.25) is 0 Å². The van der Waals surface area contributed by atoms with Crippen LogP contribution in [0.3, 0.4) is 0 Å². The molecule has 186 valence electrons. The summed E-state index contributed by atoms with van der Waals surface area (Å²) >= 11 is 0. The van der Waals surface area contributed by atoms with E-state index in [1.165, 1.54) is 19.2 Å². The van der Waals surface area contributed by atoms with Gasteiger partial charge in [0.1, 0.15) is 5.75 Å². The van der Waals surface area contributed by atoms with Crippen molar-refractivity contribution in [1.29, 1.82) is 5.26 Å². The quantitative estimate of drug-likeness (QED) is 0.314. The van der Waals surface area contributed by atoms with Crippen LogP contribution in [-0.4, -0.2) is 26.6 Å². The van der Waals surface area contributed by atoms with Crippen molar-refractivity contribution in [1.82, 2.24) is 0 Å². The Bertz CT molecular complexity index is 1290.